The van der Waals surface area contributed by atoms with Crippen molar-refractivity contribution >= 4 is 67.5 Å². The fourth-order valence-electron chi connectivity index (χ4n) is 0.118. The zero-order valence-electron chi connectivity index (χ0n) is 6.98. The van der Waals surface area contributed by atoms with Crippen molar-refractivity contribution in [3.8, 4) is 0 Å². The van der Waals surface area contributed by atoms with Crippen molar-refractivity contribution in [3.63, 3.8) is 0 Å². The Morgan fingerprint density at radius 2 is 1.92 bits per heavy atom. The molecule has 0 aliphatic carbocycles. The third-order valence-electron chi connectivity index (χ3n) is 0.782. The topological polar surface area (TPSA) is 80.7 Å². The van der Waals surface area contributed by atoms with Gasteiger partial charge in [0.05, 0.1) is 12.9 Å². The van der Waals surface area contributed by atoms with Crippen molar-refractivity contribution in [1.29, 1.82) is 0 Å². The SMILES string of the molecule is C=CC(=O)O.CCS(=O)(=O)OC.[KH]. The van der Waals surface area contributed by atoms with Crippen LogP contribution in [-0.2, 0) is 19.1 Å². The van der Waals surface area contributed by atoms with Crippen molar-refractivity contribution in [2.75, 3.05) is 12.9 Å². The van der Waals surface area contributed by atoms with Crippen molar-refractivity contribution in [1.82, 2.24) is 0 Å². The molecule has 5 nitrogen and oxygen atoms in total. The summed E-state index contributed by atoms with van der Waals surface area (Å²) in [4.78, 5) is 9.25. The molecule has 0 saturated carbocycles. The number of hydrogen-bond acceptors (Lipinski definition) is 4. The fourth-order valence-corrected chi connectivity index (χ4v) is 0.354. The van der Waals surface area contributed by atoms with Crippen molar-refractivity contribution in [2.24, 2.45) is 0 Å². The van der Waals surface area contributed by atoms with Gasteiger partial charge in [0, 0.05) is 6.08 Å². The molecule has 74 valence electrons. The summed E-state index contributed by atoms with van der Waals surface area (Å²) in [5.74, 6) is -0.936. The molecule has 0 aromatic heterocycles. The summed E-state index contributed by atoms with van der Waals surface area (Å²) in [5, 5.41) is 7.60. The van der Waals surface area contributed by atoms with Crippen LogP contribution in [0.4, 0.5) is 0 Å². The molecule has 0 aliphatic rings. The summed E-state index contributed by atoms with van der Waals surface area (Å²) in [6, 6.07) is 0. The molecule has 0 heterocycles. The van der Waals surface area contributed by atoms with Crippen molar-refractivity contribution in [3.05, 3.63) is 12.7 Å². The summed E-state index contributed by atoms with van der Waals surface area (Å²) < 4.78 is 24.4. The summed E-state index contributed by atoms with van der Waals surface area (Å²) >= 11 is 0. The van der Waals surface area contributed by atoms with Crippen molar-refractivity contribution < 1.29 is 22.5 Å². The molecule has 0 atom stereocenters. The predicted molar refractivity (Wildman–Crippen MR) is 51.5 cm³/mol. The van der Waals surface area contributed by atoms with Crippen LogP contribution in [0.1, 0.15) is 6.92 Å². The number of aliphatic carboxylic acids is 1. The minimum absolute atomic E-state index is 0. The van der Waals surface area contributed by atoms with Gasteiger partial charge in [-0.25, -0.2) is 4.79 Å². The molecular weight excluding hydrogens is 223 g/mol. The Kier molecular flexibility index (Phi) is 16.1. The molecule has 0 spiro atoms. The molecule has 0 unspecified atom stereocenters. The Labute approximate surface area is 121 Å². The monoisotopic (exact) mass is 236 g/mol. The van der Waals surface area contributed by atoms with E-state index in [0.717, 1.165) is 13.2 Å². The third-order valence-corrected chi connectivity index (χ3v) is 2.00. The normalized spacial score (nSPS) is 8.77. The van der Waals surface area contributed by atoms with Crippen LogP contribution < -0.4 is 0 Å². The minimum atomic E-state index is -3.16. The van der Waals surface area contributed by atoms with Gasteiger partial charge in [0.15, 0.2) is 0 Å². The van der Waals surface area contributed by atoms with E-state index >= 15 is 0 Å². The Morgan fingerprint density at radius 1 is 1.62 bits per heavy atom. The summed E-state index contributed by atoms with van der Waals surface area (Å²) in [7, 11) is -2.01. The molecule has 0 saturated heterocycles. The summed E-state index contributed by atoms with van der Waals surface area (Å²) in [6.45, 7) is 4.49. The van der Waals surface area contributed by atoms with E-state index in [0.29, 0.717) is 0 Å². The summed E-state index contributed by atoms with van der Waals surface area (Å²) in [6.07, 6.45) is 0.833. The second kappa shape index (κ2) is 10.8. The number of carboxylic acid groups (broad SMARTS) is 1. The van der Waals surface area contributed by atoms with Crippen LogP contribution in [-0.4, -0.2) is 83.7 Å². The van der Waals surface area contributed by atoms with Gasteiger partial charge in [-0.05, 0) is 6.92 Å². The Hall–Kier alpha value is 0.756. The Balaban J connectivity index is -0.000000150. The maximum atomic E-state index is 10.1. The zero-order valence-corrected chi connectivity index (χ0v) is 7.80. The Bertz CT molecular complexity index is 223. The number of rotatable bonds is 3. The average molecular weight is 236 g/mol. The molecule has 7 heteroatoms. The first kappa shape index (κ1) is 19.3. The van der Waals surface area contributed by atoms with Gasteiger partial charge in [0.25, 0.3) is 10.1 Å². The number of carboxylic acids is 1. The molecule has 0 rings (SSSR count). The first-order valence-electron chi connectivity index (χ1n) is 3.03. The molecular formula is C6H13KO5S. The standard InChI is InChI=1S/C3H8O3S.C3H4O2.K.H/c1-3-7(4,5)6-2;1-2-3(4)5;;/h3H2,1-2H3;2H,1H2,(H,4,5);;. The van der Waals surface area contributed by atoms with Gasteiger partial charge in [-0.2, -0.15) is 8.42 Å². The molecule has 0 fully saturated rings. The fraction of sp³-hybridized carbons (Fsp3) is 0.500. The van der Waals surface area contributed by atoms with Crippen molar-refractivity contribution in [2.45, 2.75) is 6.92 Å². The molecule has 13 heavy (non-hydrogen) atoms. The number of hydrogen-bond donors (Lipinski definition) is 1. The first-order valence-corrected chi connectivity index (χ1v) is 4.61. The molecule has 0 aromatic rings. The van der Waals surface area contributed by atoms with E-state index in [4.69, 9.17) is 5.11 Å². The van der Waals surface area contributed by atoms with Crippen LogP contribution in [0.25, 0.3) is 0 Å². The van der Waals surface area contributed by atoms with Crippen LogP contribution in [0, 0.1) is 0 Å². The third kappa shape index (κ3) is 19.2. The molecule has 1 N–H and O–H groups in total. The van der Waals surface area contributed by atoms with Gasteiger partial charge in [-0.15, -0.1) is 0 Å². The quantitative estimate of drug-likeness (QED) is 0.409. The van der Waals surface area contributed by atoms with Crippen LogP contribution in [0.2, 0.25) is 0 Å². The molecule has 0 radical (unpaired) electrons. The van der Waals surface area contributed by atoms with Gasteiger partial charge in [-0.3, -0.25) is 4.18 Å². The van der Waals surface area contributed by atoms with Crippen LogP contribution in [0.15, 0.2) is 12.7 Å². The van der Waals surface area contributed by atoms with E-state index in [-0.39, 0.29) is 57.1 Å². The predicted octanol–water partition coefficient (Wildman–Crippen LogP) is -0.409. The van der Waals surface area contributed by atoms with Crippen LogP contribution in [0.3, 0.4) is 0 Å². The molecule has 0 bridgehead atoms. The zero-order chi connectivity index (χ0) is 10.2. The van der Waals surface area contributed by atoms with E-state index in [9.17, 15) is 13.2 Å². The van der Waals surface area contributed by atoms with E-state index in [1.54, 1.807) is 0 Å². The Morgan fingerprint density at radius 3 is 1.92 bits per heavy atom. The number of carbonyl (C=O) groups is 1. The van der Waals surface area contributed by atoms with Gasteiger partial charge in [0.2, 0.25) is 0 Å². The van der Waals surface area contributed by atoms with Crippen LogP contribution >= 0.6 is 0 Å². The molecule has 0 amide bonds. The van der Waals surface area contributed by atoms with E-state index in [1.165, 1.54) is 6.92 Å². The van der Waals surface area contributed by atoms with Gasteiger partial charge in [0.1, 0.15) is 0 Å². The van der Waals surface area contributed by atoms with E-state index < -0.39 is 16.1 Å². The van der Waals surface area contributed by atoms with E-state index in [1.807, 2.05) is 0 Å². The summed E-state index contributed by atoms with van der Waals surface area (Å²) in [5.41, 5.74) is 0. The van der Waals surface area contributed by atoms with E-state index in [2.05, 4.69) is 10.8 Å². The first-order chi connectivity index (χ1) is 5.39. The second-order valence-electron chi connectivity index (χ2n) is 1.56. The average Bonchev–Trinajstić information content (AvgIpc) is 2.05. The second-order valence-corrected chi connectivity index (χ2v) is 3.58. The van der Waals surface area contributed by atoms with Gasteiger partial charge in [-0.1, -0.05) is 6.58 Å². The molecule has 0 aliphatic heterocycles. The molecule has 0 aromatic carbocycles. The van der Waals surface area contributed by atoms with Crippen LogP contribution in [0.5, 0.6) is 0 Å². The van der Waals surface area contributed by atoms with Gasteiger partial charge >= 0.3 is 57.4 Å². The van der Waals surface area contributed by atoms with Gasteiger partial charge < -0.3 is 5.11 Å². The maximum absolute atomic E-state index is 10.1.